The Hall–Kier alpha value is -1.32. The van der Waals surface area contributed by atoms with Gasteiger partial charge in [-0.05, 0) is 43.0 Å². The Morgan fingerprint density at radius 3 is 2.60 bits per heavy atom. The molecule has 0 saturated carbocycles. The van der Waals surface area contributed by atoms with E-state index < -0.39 is 0 Å². The third-order valence-electron chi connectivity index (χ3n) is 3.72. The van der Waals surface area contributed by atoms with E-state index in [1.165, 1.54) is 6.07 Å². The summed E-state index contributed by atoms with van der Waals surface area (Å²) in [5.74, 6) is 0.534. The van der Waals surface area contributed by atoms with Crippen molar-refractivity contribution in [2.24, 2.45) is 5.92 Å². The zero-order valence-corrected chi connectivity index (χ0v) is 13.0. The van der Waals surface area contributed by atoms with Crippen molar-refractivity contribution in [3.8, 4) is 0 Å². The van der Waals surface area contributed by atoms with Crippen molar-refractivity contribution in [3.05, 3.63) is 44.8 Å². The van der Waals surface area contributed by atoms with Crippen LogP contribution < -0.4 is 10.9 Å². The molecule has 0 amide bonds. The molecule has 4 heteroatoms. The number of hydrogen-bond acceptors (Lipinski definition) is 3. The van der Waals surface area contributed by atoms with Crippen LogP contribution >= 0.6 is 11.6 Å². The number of aryl methyl sites for hydroxylation is 1. The van der Waals surface area contributed by atoms with E-state index in [4.69, 9.17) is 16.0 Å². The topological polar surface area (TPSA) is 42.2 Å². The number of benzene rings is 1. The molecule has 0 spiro atoms. The Kier molecular flexibility index (Phi) is 4.51. The number of rotatable bonds is 4. The highest BCUT2D eigenvalue weighted by Gasteiger charge is 2.11. The van der Waals surface area contributed by atoms with Gasteiger partial charge in [0.05, 0.1) is 0 Å². The third-order valence-corrected chi connectivity index (χ3v) is 4.13. The molecule has 0 aliphatic rings. The first-order valence-electron chi connectivity index (χ1n) is 6.84. The lowest BCUT2D eigenvalue weighted by Crippen LogP contribution is -2.30. The molecule has 2 aromatic rings. The molecular weight excluding hydrogens is 274 g/mol. The lowest BCUT2D eigenvalue weighted by molar-refractivity contribution is 0.426. The maximum absolute atomic E-state index is 11.7. The van der Waals surface area contributed by atoms with E-state index in [-0.39, 0.29) is 5.63 Å². The molecule has 3 nitrogen and oxygen atoms in total. The first-order chi connectivity index (χ1) is 9.38. The minimum absolute atomic E-state index is 0.326. The maximum Gasteiger partial charge on any atom is 0.336 e. The van der Waals surface area contributed by atoms with Gasteiger partial charge >= 0.3 is 5.63 Å². The monoisotopic (exact) mass is 293 g/mol. The molecule has 0 aliphatic heterocycles. The van der Waals surface area contributed by atoms with E-state index in [1.54, 1.807) is 0 Å². The summed E-state index contributed by atoms with van der Waals surface area (Å²) in [5, 5.41) is 5.01. The van der Waals surface area contributed by atoms with Gasteiger partial charge in [-0.3, -0.25) is 0 Å². The molecule has 1 aromatic carbocycles. The van der Waals surface area contributed by atoms with Crippen molar-refractivity contribution in [3.63, 3.8) is 0 Å². The second-order valence-electron chi connectivity index (χ2n) is 5.60. The lowest BCUT2D eigenvalue weighted by atomic mass is 10.0. The van der Waals surface area contributed by atoms with Crippen molar-refractivity contribution >= 4 is 22.6 Å². The van der Waals surface area contributed by atoms with Crippen molar-refractivity contribution in [1.82, 2.24) is 5.32 Å². The molecule has 0 saturated heterocycles. The summed E-state index contributed by atoms with van der Waals surface area (Å²) in [7, 11) is 0. The molecule has 1 heterocycles. The number of halogens is 1. The number of hydrogen-bond donors (Lipinski definition) is 1. The van der Waals surface area contributed by atoms with Crippen LogP contribution in [0.1, 0.15) is 31.9 Å². The van der Waals surface area contributed by atoms with Crippen molar-refractivity contribution in [2.75, 3.05) is 0 Å². The van der Waals surface area contributed by atoms with Gasteiger partial charge in [-0.15, -0.1) is 0 Å². The molecule has 1 atom stereocenters. The van der Waals surface area contributed by atoms with Crippen LogP contribution in [-0.4, -0.2) is 6.04 Å². The van der Waals surface area contributed by atoms with Gasteiger partial charge < -0.3 is 9.73 Å². The Labute approximate surface area is 123 Å². The quantitative estimate of drug-likeness (QED) is 0.870. The van der Waals surface area contributed by atoms with Gasteiger partial charge in [-0.25, -0.2) is 4.79 Å². The molecule has 0 radical (unpaired) electrons. The highest BCUT2D eigenvalue weighted by Crippen LogP contribution is 2.25. The Balaban J connectivity index is 2.42. The predicted molar refractivity (Wildman–Crippen MR) is 83.4 cm³/mol. The van der Waals surface area contributed by atoms with E-state index >= 15 is 0 Å². The zero-order chi connectivity index (χ0) is 14.9. The first-order valence-corrected chi connectivity index (χ1v) is 7.22. The lowest BCUT2D eigenvalue weighted by Gasteiger charge is -2.18. The minimum atomic E-state index is -0.326. The normalized spacial score (nSPS) is 13.1. The number of nitrogens with one attached hydrogen (secondary N) is 1. The average molecular weight is 294 g/mol. The van der Waals surface area contributed by atoms with Gasteiger partial charge in [-0.1, -0.05) is 25.4 Å². The van der Waals surface area contributed by atoms with Gasteiger partial charge in [0.2, 0.25) is 0 Å². The van der Waals surface area contributed by atoms with Crippen molar-refractivity contribution < 1.29 is 4.42 Å². The summed E-state index contributed by atoms with van der Waals surface area (Å²) in [6, 6.07) is 5.59. The third kappa shape index (κ3) is 3.22. The van der Waals surface area contributed by atoms with Crippen LogP contribution in [0.5, 0.6) is 0 Å². The van der Waals surface area contributed by atoms with Crippen LogP contribution in [0.4, 0.5) is 0 Å². The van der Waals surface area contributed by atoms with E-state index in [9.17, 15) is 4.79 Å². The molecule has 0 unspecified atom stereocenters. The van der Waals surface area contributed by atoms with Crippen LogP contribution in [0.2, 0.25) is 5.02 Å². The number of fused-ring (bicyclic) bond motifs is 1. The highest BCUT2D eigenvalue weighted by atomic mass is 35.5. The Morgan fingerprint density at radius 2 is 1.95 bits per heavy atom. The molecule has 108 valence electrons. The van der Waals surface area contributed by atoms with Gasteiger partial charge in [0.25, 0.3) is 0 Å². The van der Waals surface area contributed by atoms with Gasteiger partial charge in [-0.2, -0.15) is 0 Å². The summed E-state index contributed by atoms with van der Waals surface area (Å²) in [6.07, 6.45) is 0. The standard InChI is InChI=1S/C16H20ClNO2/c1-9(2)11(4)18-8-12-6-16(19)20-15-5-10(3)14(17)7-13(12)15/h5-7,9,11,18H,8H2,1-4H3/t11-/m1/s1. The predicted octanol–water partition coefficient (Wildman–Crippen LogP) is 3.89. The maximum atomic E-state index is 11.7. The van der Waals surface area contributed by atoms with Gasteiger partial charge in [0, 0.05) is 29.1 Å². The fraction of sp³-hybridized carbons (Fsp3) is 0.438. The molecule has 20 heavy (non-hydrogen) atoms. The average Bonchev–Trinajstić information content (AvgIpc) is 2.37. The van der Waals surface area contributed by atoms with Crippen molar-refractivity contribution in [2.45, 2.75) is 40.3 Å². The van der Waals surface area contributed by atoms with E-state index in [1.807, 2.05) is 19.1 Å². The second-order valence-corrected chi connectivity index (χ2v) is 6.01. The van der Waals surface area contributed by atoms with Crippen LogP contribution in [0.3, 0.4) is 0 Å². The van der Waals surface area contributed by atoms with Crippen LogP contribution in [0.25, 0.3) is 11.0 Å². The smallest absolute Gasteiger partial charge is 0.336 e. The minimum Gasteiger partial charge on any atom is -0.423 e. The van der Waals surface area contributed by atoms with Crippen LogP contribution in [0.15, 0.2) is 27.4 Å². The molecule has 2 rings (SSSR count). The Morgan fingerprint density at radius 1 is 1.25 bits per heavy atom. The fourth-order valence-electron chi connectivity index (χ4n) is 2.00. The summed E-state index contributed by atoms with van der Waals surface area (Å²) in [6.45, 7) is 8.98. The highest BCUT2D eigenvalue weighted by molar-refractivity contribution is 6.32. The zero-order valence-electron chi connectivity index (χ0n) is 12.3. The fourth-order valence-corrected chi connectivity index (χ4v) is 2.16. The SMILES string of the molecule is Cc1cc2oc(=O)cc(CN[C@H](C)C(C)C)c2cc1Cl. The van der Waals surface area contributed by atoms with Gasteiger partial charge in [0.15, 0.2) is 0 Å². The summed E-state index contributed by atoms with van der Waals surface area (Å²) in [5.41, 5.74) is 2.09. The molecule has 1 aromatic heterocycles. The van der Waals surface area contributed by atoms with E-state index in [2.05, 4.69) is 26.1 Å². The molecule has 0 bridgehead atoms. The van der Waals surface area contributed by atoms with E-state index in [0.717, 1.165) is 16.5 Å². The van der Waals surface area contributed by atoms with Crippen LogP contribution in [0, 0.1) is 12.8 Å². The Bertz CT molecular complexity index is 676. The summed E-state index contributed by atoms with van der Waals surface area (Å²) < 4.78 is 5.25. The van der Waals surface area contributed by atoms with E-state index in [0.29, 0.717) is 29.1 Å². The largest absolute Gasteiger partial charge is 0.423 e. The second kappa shape index (κ2) is 5.98. The van der Waals surface area contributed by atoms with Gasteiger partial charge in [0.1, 0.15) is 5.58 Å². The molecular formula is C16H20ClNO2. The van der Waals surface area contributed by atoms with Crippen molar-refractivity contribution in [1.29, 1.82) is 0 Å². The summed E-state index contributed by atoms with van der Waals surface area (Å²) >= 11 is 6.17. The molecule has 0 fully saturated rings. The van der Waals surface area contributed by atoms with Crippen LogP contribution in [-0.2, 0) is 6.54 Å². The first kappa shape index (κ1) is 15.1. The molecule has 1 N–H and O–H groups in total. The molecule has 0 aliphatic carbocycles. The summed E-state index contributed by atoms with van der Waals surface area (Å²) in [4.78, 5) is 11.7.